The van der Waals surface area contributed by atoms with E-state index >= 15 is 0 Å². The molecule has 4 nitrogen and oxygen atoms in total. The van der Waals surface area contributed by atoms with Crippen LogP contribution in [-0.4, -0.2) is 20.0 Å². The van der Waals surface area contributed by atoms with Crippen LogP contribution in [0.2, 0.25) is 0 Å². The number of rotatable bonds is 4. The number of nitrogens with one attached hydrogen (secondary N) is 1. The van der Waals surface area contributed by atoms with Gasteiger partial charge in [-0.05, 0) is 48.4 Å². The Bertz CT molecular complexity index is 711. The molecule has 0 aromatic heterocycles. The Labute approximate surface area is 139 Å². The molecule has 0 heterocycles. The van der Waals surface area contributed by atoms with E-state index in [1.807, 2.05) is 13.8 Å². The lowest BCUT2D eigenvalue weighted by atomic mass is 9.70. The monoisotopic (exact) mass is 385 g/mol. The lowest BCUT2D eigenvalue weighted by molar-refractivity contribution is -0.128. The Morgan fingerprint density at radius 2 is 1.91 bits per heavy atom. The van der Waals surface area contributed by atoms with Crippen LogP contribution in [0.5, 0.6) is 0 Å². The number of carbonyl (C=O) groups is 1. The lowest BCUT2D eigenvalue weighted by Crippen LogP contribution is -2.43. The van der Waals surface area contributed by atoms with Gasteiger partial charge < -0.3 is 0 Å². The van der Waals surface area contributed by atoms with Crippen molar-refractivity contribution >= 4 is 37.4 Å². The molecule has 120 valence electrons. The number of halogens is 1. The highest BCUT2D eigenvalue weighted by atomic mass is 79.9. The van der Waals surface area contributed by atoms with Crippen LogP contribution in [0.15, 0.2) is 28.7 Å². The zero-order chi connectivity index (χ0) is 16.2. The Hall–Kier alpha value is -0.880. The number of carbonyl (C=O) groups excluding carboxylic acids is 1. The number of anilines is 1. The minimum Gasteiger partial charge on any atom is -0.299 e. The molecule has 3 rings (SSSR count). The van der Waals surface area contributed by atoms with Crippen LogP contribution < -0.4 is 4.72 Å². The average Bonchev–Trinajstić information content (AvgIpc) is 2.74. The molecule has 22 heavy (non-hydrogen) atoms. The molecule has 6 heteroatoms. The van der Waals surface area contributed by atoms with Crippen LogP contribution in [0.1, 0.15) is 33.1 Å². The number of hydrogen-bond acceptors (Lipinski definition) is 3. The third kappa shape index (κ3) is 2.40. The van der Waals surface area contributed by atoms with Crippen LogP contribution >= 0.6 is 15.9 Å². The summed E-state index contributed by atoms with van der Waals surface area (Å²) in [5.74, 6) is 0.330. The first-order chi connectivity index (χ1) is 10.2. The van der Waals surface area contributed by atoms with Crippen molar-refractivity contribution < 1.29 is 13.2 Å². The fraction of sp³-hybridized carbons (Fsp3) is 0.562. The molecule has 0 radical (unpaired) electrons. The van der Waals surface area contributed by atoms with E-state index in [1.165, 1.54) is 0 Å². The molecule has 1 aromatic rings. The molecule has 0 saturated heterocycles. The lowest BCUT2D eigenvalue weighted by Gasteiger charge is -2.36. The molecule has 2 aliphatic rings. The highest BCUT2D eigenvalue weighted by molar-refractivity contribution is 9.10. The van der Waals surface area contributed by atoms with Gasteiger partial charge in [0.05, 0.1) is 11.2 Å². The number of hydrogen-bond donors (Lipinski definition) is 1. The molecular formula is C16H20BrNO3S. The predicted molar refractivity (Wildman–Crippen MR) is 90.1 cm³/mol. The Balaban J connectivity index is 1.85. The topological polar surface area (TPSA) is 63.2 Å². The third-order valence-electron chi connectivity index (χ3n) is 5.69. The predicted octanol–water partition coefficient (Wildman–Crippen LogP) is 3.59. The molecule has 2 atom stereocenters. The zero-order valence-corrected chi connectivity index (χ0v) is 15.1. The minimum atomic E-state index is -3.56. The van der Waals surface area contributed by atoms with E-state index in [0.29, 0.717) is 24.4 Å². The summed E-state index contributed by atoms with van der Waals surface area (Å²) in [4.78, 5) is 12.4. The van der Waals surface area contributed by atoms with Gasteiger partial charge in [0, 0.05) is 16.6 Å². The van der Waals surface area contributed by atoms with Crippen molar-refractivity contribution in [2.45, 2.75) is 33.1 Å². The molecule has 2 aliphatic carbocycles. The quantitative estimate of drug-likeness (QED) is 0.860. The maximum Gasteiger partial charge on any atom is 0.233 e. The van der Waals surface area contributed by atoms with E-state index < -0.39 is 15.4 Å². The third-order valence-corrected chi connectivity index (χ3v) is 7.64. The first-order valence-electron chi connectivity index (χ1n) is 7.46. The summed E-state index contributed by atoms with van der Waals surface area (Å²) in [6, 6.07) is 6.98. The summed E-state index contributed by atoms with van der Waals surface area (Å²) in [5, 5.41) is 0. The summed E-state index contributed by atoms with van der Waals surface area (Å²) in [6.07, 6.45) is 2.16. The fourth-order valence-corrected chi connectivity index (χ4v) is 6.32. The molecule has 2 saturated carbocycles. The Morgan fingerprint density at radius 1 is 1.27 bits per heavy atom. The van der Waals surface area contributed by atoms with Gasteiger partial charge in [-0.3, -0.25) is 9.52 Å². The van der Waals surface area contributed by atoms with Crippen molar-refractivity contribution in [3.8, 4) is 0 Å². The summed E-state index contributed by atoms with van der Waals surface area (Å²) in [7, 11) is -3.56. The molecule has 1 aromatic carbocycles. The number of sulfonamides is 1. The number of Topliss-reactive ketones (excluding diaryl/α,β-unsaturated/α-hetero) is 1. The fourth-order valence-electron chi connectivity index (χ4n) is 4.17. The number of benzene rings is 1. The molecule has 0 unspecified atom stereocenters. The van der Waals surface area contributed by atoms with E-state index in [4.69, 9.17) is 0 Å². The van der Waals surface area contributed by atoms with E-state index in [9.17, 15) is 13.2 Å². The summed E-state index contributed by atoms with van der Waals surface area (Å²) >= 11 is 3.32. The molecule has 0 aliphatic heterocycles. The van der Waals surface area contributed by atoms with Crippen molar-refractivity contribution in [2.75, 3.05) is 10.5 Å². The van der Waals surface area contributed by atoms with Gasteiger partial charge in [-0.15, -0.1) is 0 Å². The summed E-state index contributed by atoms with van der Waals surface area (Å²) in [6.45, 7) is 4.09. The van der Waals surface area contributed by atoms with Crippen LogP contribution in [0.25, 0.3) is 0 Å². The molecular weight excluding hydrogens is 366 g/mol. The maximum absolute atomic E-state index is 12.6. The second-order valence-corrected chi connectivity index (χ2v) is 9.67. The largest absolute Gasteiger partial charge is 0.299 e. The van der Waals surface area contributed by atoms with Gasteiger partial charge in [0.15, 0.2) is 0 Å². The first-order valence-corrected chi connectivity index (χ1v) is 9.90. The smallest absolute Gasteiger partial charge is 0.233 e. The van der Waals surface area contributed by atoms with Crippen molar-refractivity contribution in [1.82, 2.24) is 0 Å². The van der Waals surface area contributed by atoms with E-state index in [0.717, 1.165) is 10.9 Å². The highest BCUT2D eigenvalue weighted by Gasteiger charge is 2.65. The zero-order valence-electron chi connectivity index (χ0n) is 12.7. The Kier molecular flexibility index (Phi) is 3.68. The van der Waals surface area contributed by atoms with Gasteiger partial charge in [0.1, 0.15) is 5.78 Å². The maximum atomic E-state index is 12.6. The summed E-state index contributed by atoms with van der Waals surface area (Å²) < 4.78 is 28.7. The molecule has 1 N–H and O–H groups in total. The molecule has 0 amide bonds. The van der Waals surface area contributed by atoms with E-state index in [-0.39, 0.29) is 17.0 Å². The van der Waals surface area contributed by atoms with Gasteiger partial charge in [-0.2, -0.15) is 0 Å². The van der Waals surface area contributed by atoms with Gasteiger partial charge in [-0.25, -0.2) is 8.42 Å². The normalized spacial score (nSPS) is 29.8. The second-order valence-electron chi connectivity index (χ2n) is 7.03. The van der Waals surface area contributed by atoms with E-state index in [2.05, 4.69) is 20.7 Å². The number of fused-ring (bicyclic) bond motifs is 2. The standard InChI is InChI=1S/C16H20BrNO3S/c1-15(2)11-7-8-16(15,14(19)9-11)10-22(20,21)18-13-5-3-12(17)4-6-13/h3-6,11,18H,7-10H2,1-2H3/t11-,16+/m0/s1. The van der Waals surface area contributed by atoms with Crippen LogP contribution in [0.3, 0.4) is 0 Å². The first kappa shape index (κ1) is 16.0. The van der Waals surface area contributed by atoms with Crippen molar-refractivity contribution in [3.63, 3.8) is 0 Å². The Morgan fingerprint density at radius 3 is 2.41 bits per heavy atom. The van der Waals surface area contributed by atoms with E-state index in [1.54, 1.807) is 24.3 Å². The minimum absolute atomic E-state index is 0.113. The summed E-state index contributed by atoms with van der Waals surface area (Å²) in [5.41, 5.74) is -0.436. The molecule has 0 spiro atoms. The van der Waals surface area contributed by atoms with Gasteiger partial charge in [0.25, 0.3) is 0 Å². The highest BCUT2D eigenvalue weighted by Crippen LogP contribution is 2.64. The van der Waals surface area contributed by atoms with Crippen molar-refractivity contribution in [3.05, 3.63) is 28.7 Å². The van der Waals surface area contributed by atoms with Crippen LogP contribution in [0, 0.1) is 16.7 Å². The second kappa shape index (κ2) is 5.06. The molecule has 2 fully saturated rings. The van der Waals surface area contributed by atoms with Gasteiger partial charge in [0.2, 0.25) is 10.0 Å². The van der Waals surface area contributed by atoms with Crippen LogP contribution in [0.4, 0.5) is 5.69 Å². The average molecular weight is 386 g/mol. The van der Waals surface area contributed by atoms with Gasteiger partial charge in [-0.1, -0.05) is 29.8 Å². The van der Waals surface area contributed by atoms with Gasteiger partial charge >= 0.3 is 0 Å². The number of ketones is 1. The SMILES string of the molecule is CC1(C)[C@H]2CC[C@@]1(CS(=O)(=O)Nc1ccc(Br)cc1)C(=O)C2. The molecule has 2 bridgehead atoms. The van der Waals surface area contributed by atoms with Crippen LogP contribution in [-0.2, 0) is 14.8 Å². The van der Waals surface area contributed by atoms with Crippen molar-refractivity contribution in [2.24, 2.45) is 16.7 Å². The van der Waals surface area contributed by atoms with Crippen molar-refractivity contribution in [1.29, 1.82) is 0 Å².